The Balaban J connectivity index is 1.98. The van der Waals surface area contributed by atoms with E-state index in [-0.39, 0.29) is 16.8 Å². The number of aryl methyl sites for hydroxylation is 1. The monoisotopic (exact) mass is 470 g/mol. The third-order valence-electron chi connectivity index (χ3n) is 4.12. The fourth-order valence-electron chi connectivity index (χ4n) is 2.64. The number of nitrogens with two attached hydrogens (primary N) is 1. The van der Waals surface area contributed by atoms with Crippen LogP contribution in [0, 0.1) is 18.6 Å². The Kier molecular flexibility index (Phi) is 6.77. The van der Waals surface area contributed by atoms with E-state index in [4.69, 9.17) is 42.8 Å². The number of rotatable bonds is 7. The largest absolute Gasteiger partial charge is 0.474 e. The minimum absolute atomic E-state index is 0.0953. The molecule has 7 nitrogen and oxygen atoms in total. The Labute approximate surface area is 184 Å². The van der Waals surface area contributed by atoms with E-state index in [1.807, 2.05) is 19.1 Å². The molecule has 1 unspecified atom stereocenters. The molecule has 1 aromatic heterocycles. The molecule has 2 aromatic carbocycles. The van der Waals surface area contributed by atoms with Crippen LogP contribution in [0.15, 0.2) is 40.8 Å². The number of oxazole rings is 1. The highest BCUT2D eigenvalue weighted by Crippen LogP contribution is 2.33. The number of amides is 1. The van der Waals surface area contributed by atoms with Crippen LogP contribution < -0.4 is 10.5 Å². The highest BCUT2D eigenvalue weighted by Gasteiger charge is 2.28. The van der Waals surface area contributed by atoms with Crippen LogP contribution >= 0.6 is 23.2 Å². The first-order valence-electron chi connectivity index (χ1n) is 8.67. The average molecular weight is 471 g/mol. The third kappa shape index (κ3) is 5.12. The molecule has 3 aromatic rings. The van der Waals surface area contributed by atoms with Gasteiger partial charge in [0, 0.05) is 17.2 Å². The Hall–Kier alpha value is -3.17. The number of carbonyl (C=O) groups is 2. The number of aromatic nitrogens is 1. The van der Waals surface area contributed by atoms with Crippen LogP contribution in [0.4, 0.5) is 13.6 Å². The summed E-state index contributed by atoms with van der Waals surface area (Å²) >= 11 is 11.3. The summed E-state index contributed by atoms with van der Waals surface area (Å²) in [7, 11) is 0. The molecule has 2 N–H and O–H groups in total. The summed E-state index contributed by atoms with van der Waals surface area (Å²) in [6.07, 6.45) is -1.33. The Morgan fingerprint density at radius 3 is 2.48 bits per heavy atom. The van der Waals surface area contributed by atoms with Crippen molar-refractivity contribution < 1.29 is 32.3 Å². The first kappa shape index (κ1) is 22.5. The lowest BCUT2D eigenvalue weighted by Gasteiger charge is -2.17. The molecule has 0 bridgehead atoms. The van der Waals surface area contributed by atoms with Crippen molar-refractivity contribution in [2.24, 2.45) is 5.73 Å². The summed E-state index contributed by atoms with van der Waals surface area (Å²) in [6, 6.07) is 8.92. The summed E-state index contributed by atoms with van der Waals surface area (Å²) in [4.78, 5) is 26.6. The van der Waals surface area contributed by atoms with Crippen LogP contribution in [-0.4, -0.2) is 22.9 Å². The van der Waals surface area contributed by atoms with Gasteiger partial charge in [0.25, 0.3) is 5.91 Å². The van der Waals surface area contributed by atoms with Gasteiger partial charge in [-0.25, -0.2) is 18.6 Å². The molecule has 0 radical (unpaired) electrons. The van der Waals surface area contributed by atoms with E-state index in [1.165, 1.54) is 0 Å². The molecule has 1 amide bonds. The topological polar surface area (TPSA) is 105 Å². The first-order chi connectivity index (χ1) is 14.7. The second-order valence-electron chi connectivity index (χ2n) is 6.29. The van der Waals surface area contributed by atoms with Crippen molar-refractivity contribution in [3.63, 3.8) is 0 Å². The van der Waals surface area contributed by atoms with Gasteiger partial charge >= 0.3 is 5.43 Å². The van der Waals surface area contributed by atoms with Crippen molar-refractivity contribution in [3.05, 3.63) is 70.3 Å². The summed E-state index contributed by atoms with van der Waals surface area (Å²) in [5, 5.41) is -0.0953. The van der Waals surface area contributed by atoms with Gasteiger partial charge in [-0.05, 0) is 30.7 Å². The summed E-state index contributed by atoms with van der Waals surface area (Å²) < 4.78 is 43.9. The van der Waals surface area contributed by atoms with Crippen molar-refractivity contribution in [3.8, 4) is 17.0 Å². The van der Waals surface area contributed by atoms with Gasteiger partial charge in [0.15, 0.2) is 11.6 Å². The predicted octanol–water partition coefficient (Wildman–Crippen LogP) is 5.18. The zero-order chi connectivity index (χ0) is 22.7. The number of ether oxygens (including phenoxy) is 2. The summed E-state index contributed by atoms with van der Waals surface area (Å²) in [5.74, 6) is -4.57. The highest BCUT2D eigenvalue weighted by atomic mass is 35.5. The number of primary amides is 1. The zero-order valence-electron chi connectivity index (χ0n) is 15.8. The molecule has 1 atom stereocenters. The van der Waals surface area contributed by atoms with E-state index in [9.17, 15) is 18.4 Å². The minimum atomic E-state index is -1.34. The molecule has 0 fully saturated rings. The fourth-order valence-corrected chi connectivity index (χ4v) is 2.94. The van der Waals surface area contributed by atoms with Crippen molar-refractivity contribution in [1.29, 1.82) is 0 Å². The Bertz CT molecular complexity index is 1140. The van der Waals surface area contributed by atoms with Crippen LogP contribution in [0.1, 0.15) is 27.9 Å². The van der Waals surface area contributed by atoms with Gasteiger partial charge in [0.2, 0.25) is 17.2 Å². The van der Waals surface area contributed by atoms with Crippen molar-refractivity contribution in [1.82, 2.24) is 4.98 Å². The summed E-state index contributed by atoms with van der Waals surface area (Å²) in [6.45, 7) is 1.36. The molecule has 11 heteroatoms. The molecule has 3 rings (SSSR count). The predicted molar refractivity (Wildman–Crippen MR) is 107 cm³/mol. The van der Waals surface area contributed by atoms with E-state index in [0.717, 1.165) is 17.7 Å². The molecule has 1 heterocycles. The quantitative estimate of drug-likeness (QED) is 0.477. The molecular formula is C20H14Cl2F2N2O5. The molecule has 0 aliphatic carbocycles. The molecule has 0 saturated carbocycles. The lowest BCUT2D eigenvalue weighted by atomic mass is 10.1. The van der Waals surface area contributed by atoms with Crippen LogP contribution in [-0.2, 0) is 4.74 Å². The molecule has 162 valence electrons. The summed E-state index contributed by atoms with van der Waals surface area (Å²) in [5.41, 5.74) is 4.76. The number of benzene rings is 2. The van der Waals surface area contributed by atoms with Crippen LogP contribution in [0.5, 0.6) is 5.75 Å². The van der Waals surface area contributed by atoms with E-state index in [1.54, 1.807) is 12.1 Å². The Morgan fingerprint density at radius 2 is 1.87 bits per heavy atom. The maximum Gasteiger partial charge on any atom is 0.403 e. The molecule has 0 spiro atoms. The maximum atomic E-state index is 14.6. The molecule has 0 aliphatic rings. The molecule has 31 heavy (non-hydrogen) atoms. The van der Waals surface area contributed by atoms with Crippen LogP contribution in [0.3, 0.4) is 0 Å². The second kappa shape index (κ2) is 9.32. The minimum Gasteiger partial charge on any atom is -0.474 e. The lowest BCUT2D eigenvalue weighted by molar-refractivity contribution is 0.0765. The first-order valence-corrected chi connectivity index (χ1v) is 9.43. The normalized spacial score (nSPS) is 11.8. The standard InChI is InChI=1S/C20H14Cl2F2N2O5/c1-9-2-4-10(5-3-9)16-17(21)31-19(26-16)13(8-29-20(22)28)30-12-7-6-11(23)14(15(12)24)18(25)27/h2-7,13H,8H2,1H3,(H2,25,27). The average Bonchev–Trinajstić information content (AvgIpc) is 3.08. The van der Waals surface area contributed by atoms with E-state index in [0.29, 0.717) is 5.56 Å². The zero-order valence-corrected chi connectivity index (χ0v) is 17.3. The van der Waals surface area contributed by atoms with E-state index in [2.05, 4.69) is 4.98 Å². The van der Waals surface area contributed by atoms with Crippen molar-refractivity contribution >= 4 is 34.5 Å². The van der Waals surface area contributed by atoms with Crippen LogP contribution in [0.25, 0.3) is 11.3 Å². The number of carbonyl (C=O) groups excluding carboxylic acids is 2. The second-order valence-corrected chi connectivity index (χ2v) is 6.95. The molecular weight excluding hydrogens is 457 g/mol. The molecule has 0 aliphatic heterocycles. The highest BCUT2D eigenvalue weighted by molar-refractivity contribution is 6.61. The smallest absolute Gasteiger partial charge is 0.403 e. The van der Waals surface area contributed by atoms with Gasteiger partial charge in [-0.1, -0.05) is 29.8 Å². The lowest BCUT2D eigenvalue weighted by Crippen LogP contribution is -2.19. The van der Waals surface area contributed by atoms with Crippen molar-refractivity contribution in [2.75, 3.05) is 6.61 Å². The van der Waals surface area contributed by atoms with E-state index < -0.39 is 47.0 Å². The van der Waals surface area contributed by atoms with Gasteiger partial charge in [0.05, 0.1) is 0 Å². The van der Waals surface area contributed by atoms with Gasteiger partial charge in [-0.3, -0.25) is 4.79 Å². The van der Waals surface area contributed by atoms with Gasteiger partial charge in [0.1, 0.15) is 23.7 Å². The van der Waals surface area contributed by atoms with Gasteiger partial charge in [-0.2, -0.15) is 0 Å². The Morgan fingerprint density at radius 1 is 1.19 bits per heavy atom. The number of halogens is 4. The van der Waals surface area contributed by atoms with Crippen LogP contribution in [0.2, 0.25) is 5.22 Å². The number of hydrogen-bond acceptors (Lipinski definition) is 6. The van der Waals surface area contributed by atoms with Crippen molar-refractivity contribution in [2.45, 2.75) is 13.0 Å². The number of hydrogen-bond donors (Lipinski definition) is 1. The molecule has 0 saturated heterocycles. The van der Waals surface area contributed by atoms with Gasteiger partial charge in [-0.15, -0.1) is 0 Å². The maximum absolute atomic E-state index is 14.6. The van der Waals surface area contributed by atoms with Gasteiger partial charge < -0.3 is 19.6 Å². The fraction of sp³-hybridized carbons (Fsp3) is 0.150. The number of nitrogens with zero attached hydrogens (tertiary/aromatic N) is 1. The SMILES string of the molecule is Cc1ccc(-c2nc(C(COC(=O)Cl)Oc3ccc(F)c(C(N)=O)c3F)oc2Cl)cc1. The third-order valence-corrected chi connectivity index (χ3v) is 4.49. The van der Waals surface area contributed by atoms with E-state index >= 15 is 0 Å².